The summed E-state index contributed by atoms with van der Waals surface area (Å²) < 4.78 is 7.37. The Morgan fingerprint density at radius 2 is 1.95 bits per heavy atom. The van der Waals surface area contributed by atoms with E-state index in [4.69, 9.17) is 4.74 Å². The van der Waals surface area contributed by atoms with Gasteiger partial charge in [0.25, 0.3) is 0 Å². The topological polar surface area (TPSA) is 50.6 Å². The number of hydrogen-bond acceptors (Lipinski definition) is 5. The zero-order valence-corrected chi connectivity index (χ0v) is 14.4. The molecule has 0 N–H and O–H groups in total. The van der Waals surface area contributed by atoms with Crippen molar-refractivity contribution in [3.8, 4) is 0 Å². The largest absolute Gasteiger partial charge is 0.459 e. The summed E-state index contributed by atoms with van der Waals surface area (Å²) in [6, 6.07) is -0.143. The maximum atomic E-state index is 12.4. The fourth-order valence-electron chi connectivity index (χ4n) is 2.81. The Morgan fingerprint density at radius 1 is 1.32 bits per heavy atom. The highest BCUT2D eigenvalue weighted by atomic mass is 16.6. The molecule has 0 unspecified atom stereocenters. The van der Waals surface area contributed by atoms with E-state index in [2.05, 4.69) is 14.9 Å². The van der Waals surface area contributed by atoms with Crippen LogP contribution < -0.4 is 4.90 Å². The monoisotopic (exact) mass is 308 g/mol. The van der Waals surface area contributed by atoms with Crippen molar-refractivity contribution in [3.05, 3.63) is 12.4 Å². The van der Waals surface area contributed by atoms with Crippen LogP contribution in [0.5, 0.6) is 0 Å². The van der Waals surface area contributed by atoms with Crippen LogP contribution in [0.1, 0.15) is 34.1 Å². The molecule has 0 aromatic carbocycles. The van der Waals surface area contributed by atoms with E-state index in [0.717, 1.165) is 38.3 Å². The third-order valence-corrected chi connectivity index (χ3v) is 3.88. The second-order valence-corrected chi connectivity index (χ2v) is 6.85. The predicted molar refractivity (Wildman–Crippen MR) is 86.9 cm³/mol. The second-order valence-electron chi connectivity index (χ2n) is 6.85. The molecule has 22 heavy (non-hydrogen) atoms. The highest BCUT2D eigenvalue weighted by Crippen LogP contribution is 2.19. The molecule has 6 heteroatoms. The van der Waals surface area contributed by atoms with E-state index < -0.39 is 5.60 Å². The number of hydrogen-bond donors (Lipinski definition) is 0. The first-order valence-corrected chi connectivity index (χ1v) is 8.00. The van der Waals surface area contributed by atoms with Crippen molar-refractivity contribution in [1.29, 1.82) is 0 Å². The third-order valence-electron chi connectivity index (χ3n) is 3.88. The summed E-state index contributed by atoms with van der Waals surface area (Å²) in [6.45, 7) is 11.3. The average Bonchev–Trinajstić information content (AvgIpc) is 2.85. The number of carbonyl (C=O) groups excluding carboxylic acids is 1. The van der Waals surface area contributed by atoms with Gasteiger partial charge in [0.2, 0.25) is 0 Å². The normalized spacial score (nSPS) is 18.3. The van der Waals surface area contributed by atoms with Crippen LogP contribution in [0.25, 0.3) is 0 Å². The lowest BCUT2D eigenvalue weighted by Crippen LogP contribution is -2.53. The fraction of sp³-hybridized carbons (Fsp3) is 0.750. The molecule has 1 aromatic heterocycles. The number of piperazine rings is 1. The minimum absolute atomic E-state index is 0.107. The van der Waals surface area contributed by atoms with Gasteiger partial charge in [0, 0.05) is 39.4 Å². The summed E-state index contributed by atoms with van der Waals surface area (Å²) in [5.74, 6) is -0.107. The Morgan fingerprint density at radius 3 is 2.41 bits per heavy atom. The van der Waals surface area contributed by atoms with Crippen LogP contribution in [0.3, 0.4) is 0 Å². The molecule has 2 rings (SSSR count). The summed E-state index contributed by atoms with van der Waals surface area (Å²) in [7, 11) is 1.93. The van der Waals surface area contributed by atoms with Gasteiger partial charge in [-0.15, -0.1) is 0 Å². The fourth-order valence-corrected chi connectivity index (χ4v) is 2.81. The minimum atomic E-state index is -0.429. The van der Waals surface area contributed by atoms with Crippen LogP contribution in [0.2, 0.25) is 0 Å². The molecular formula is C16H28N4O2. The number of anilines is 1. The van der Waals surface area contributed by atoms with Crippen molar-refractivity contribution in [1.82, 2.24) is 14.7 Å². The molecule has 0 bridgehead atoms. The first-order chi connectivity index (χ1) is 10.3. The van der Waals surface area contributed by atoms with Crippen LogP contribution in [-0.2, 0) is 16.6 Å². The van der Waals surface area contributed by atoms with Gasteiger partial charge in [-0.2, -0.15) is 5.10 Å². The van der Waals surface area contributed by atoms with Gasteiger partial charge in [-0.25, -0.2) is 0 Å². The number of rotatable bonds is 4. The summed E-state index contributed by atoms with van der Waals surface area (Å²) in [4.78, 5) is 16.9. The average molecular weight is 308 g/mol. The molecule has 6 nitrogen and oxygen atoms in total. The van der Waals surface area contributed by atoms with E-state index >= 15 is 0 Å². The molecule has 1 fully saturated rings. The molecule has 1 aromatic rings. The van der Waals surface area contributed by atoms with Gasteiger partial charge < -0.3 is 9.64 Å². The van der Waals surface area contributed by atoms with E-state index in [1.54, 1.807) is 0 Å². The van der Waals surface area contributed by atoms with Gasteiger partial charge >= 0.3 is 5.97 Å². The molecule has 1 aliphatic rings. The van der Waals surface area contributed by atoms with Gasteiger partial charge in [0.15, 0.2) is 0 Å². The van der Waals surface area contributed by atoms with Crippen LogP contribution in [0.15, 0.2) is 12.4 Å². The Balaban J connectivity index is 1.92. The van der Waals surface area contributed by atoms with Gasteiger partial charge in [-0.05, 0) is 27.2 Å². The van der Waals surface area contributed by atoms with Crippen molar-refractivity contribution in [2.24, 2.45) is 7.05 Å². The van der Waals surface area contributed by atoms with Crippen molar-refractivity contribution in [3.63, 3.8) is 0 Å². The zero-order chi connectivity index (χ0) is 16.3. The third kappa shape index (κ3) is 4.22. The van der Waals surface area contributed by atoms with Crippen molar-refractivity contribution in [2.45, 2.75) is 45.8 Å². The number of aromatic nitrogens is 2. The molecule has 0 spiro atoms. The Labute approximate surface area is 133 Å². The van der Waals surface area contributed by atoms with Crippen molar-refractivity contribution < 1.29 is 9.53 Å². The Kier molecular flexibility index (Phi) is 5.11. The predicted octanol–water partition coefficient (Wildman–Crippen LogP) is 1.66. The van der Waals surface area contributed by atoms with Gasteiger partial charge in [0.1, 0.15) is 11.6 Å². The first kappa shape index (κ1) is 16.8. The minimum Gasteiger partial charge on any atom is -0.459 e. The van der Waals surface area contributed by atoms with E-state index in [-0.39, 0.29) is 12.0 Å². The molecule has 0 saturated carbocycles. The Hall–Kier alpha value is -1.56. The number of aryl methyl sites for hydroxylation is 1. The van der Waals surface area contributed by atoms with Gasteiger partial charge in [-0.3, -0.25) is 14.4 Å². The molecule has 0 aliphatic carbocycles. The SMILES string of the molecule is CC[C@@H](C(=O)OC(C)(C)C)N1CCN(c2cnn(C)c2)CC1. The molecule has 1 atom stereocenters. The smallest absolute Gasteiger partial charge is 0.323 e. The number of esters is 1. The lowest BCUT2D eigenvalue weighted by molar-refractivity contribution is -0.161. The summed E-state index contributed by atoms with van der Waals surface area (Å²) >= 11 is 0. The molecule has 0 radical (unpaired) electrons. The first-order valence-electron chi connectivity index (χ1n) is 8.00. The second kappa shape index (κ2) is 6.69. The van der Waals surface area contributed by atoms with E-state index in [0.29, 0.717) is 0 Å². The number of carbonyl (C=O) groups is 1. The van der Waals surface area contributed by atoms with Crippen molar-refractivity contribution in [2.75, 3.05) is 31.1 Å². The van der Waals surface area contributed by atoms with E-state index in [1.165, 1.54) is 0 Å². The lowest BCUT2D eigenvalue weighted by Gasteiger charge is -2.39. The maximum absolute atomic E-state index is 12.4. The summed E-state index contributed by atoms with van der Waals surface area (Å²) in [6.07, 6.45) is 4.70. The van der Waals surface area contributed by atoms with Crippen molar-refractivity contribution >= 4 is 11.7 Å². The zero-order valence-electron chi connectivity index (χ0n) is 14.4. The number of nitrogens with zero attached hydrogens (tertiary/aromatic N) is 4. The standard InChI is InChI=1S/C16H28N4O2/c1-6-14(15(21)22-16(2,3)4)20-9-7-19(8-10-20)13-11-17-18(5)12-13/h11-12,14H,6-10H2,1-5H3/t14-/m0/s1. The van der Waals surface area contributed by atoms with Gasteiger partial charge in [0.05, 0.1) is 11.9 Å². The highest BCUT2D eigenvalue weighted by molar-refractivity contribution is 5.76. The highest BCUT2D eigenvalue weighted by Gasteiger charge is 2.31. The summed E-state index contributed by atoms with van der Waals surface area (Å²) in [5, 5.41) is 4.22. The summed E-state index contributed by atoms with van der Waals surface area (Å²) in [5.41, 5.74) is 0.717. The van der Waals surface area contributed by atoms with Crippen LogP contribution in [0, 0.1) is 0 Å². The van der Waals surface area contributed by atoms with Gasteiger partial charge in [-0.1, -0.05) is 6.92 Å². The van der Waals surface area contributed by atoms with Crippen LogP contribution >= 0.6 is 0 Å². The maximum Gasteiger partial charge on any atom is 0.323 e. The molecule has 0 amide bonds. The van der Waals surface area contributed by atoms with Crippen LogP contribution in [-0.4, -0.2) is 58.5 Å². The molecular weight excluding hydrogens is 280 g/mol. The Bertz CT molecular complexity index is 498. The lowest BCUT2D eigenvalue weighted by atomic mass is 10.1. The molecule has 124 valence electrons. The van der Waals surface area contributed by atoms with E-state index in [9.17, 15) is 4.79 Å². The number of ether oxygens (including phenoxy) is 1. The quantitative estimate of drug-likeness (QED) is 0.792. The molecule has 2 heterocycles. The van der Waals surface area contributed by atoms with E-state index in [1.807, 2.05) is 51.8 Å². The molecule has 1 saturated heterocycles. The molecule has 1 aliphatic heterocycles. The van der Waals surface area contributed by atoms with Crippen LogP contribution in [0.4, 0.5) is 5.69 Å².